The molecule has 0 saturated carbocycles. The first-order chi connectivity index (χ1) is 22.4. The summed E-state index contributed by atoms with van der Waals surface area (Å²) in [6, 6.07) is 13.3. The molecule has 1 saturated heterocycles. The number of fused-ring (bicyclic) bond motifs is 2. The van der Waals surface area contributed by atoms with Crippen LogP contribution in [-0.4, -0.2) is 96.0 Å². The van der Waals surface area contributed by atoms with E-state index < -0.39 is 11.5 Å². The van der Waals surface area contributed by atoms with Crippen LogP contribution in [0.3, 0.4) is 0 Å². The molecular formula is C36H45N7O4. The first-order valence-corrected chi connectivity index (χ1v) is 16.3. The van der Waals surface area contributed by atoms with Crippen molar-refractivity contribution in [3.8, 4) is 6.07 Å². The molecule has 3 amide bonds. The van der Waals surface area contributed by atoms with Crippen molar-refractivity contribution in [3.05, 3.63) is 81.6 Å². The Bertz CT molecular complexity index is 1630. The zero-order valence-corrected chi connectivity index (χ0v) is 28.5. The number of benzene rings is 2. The number of carbonyl (C=O) groups excluding carboxylic acids is 3. The van der Waals surface area contributed by atoms with Crippen molar-refractivity contribution in [2.24, 2.45) is 0 Å². The second-order valence-corrected chi connectivity index (χ2v) is 13.5. The number of aromatic nitrogens is 2. The average molecular weight is 640 g/mol. The van der Waals surface area contributed by atoms with Crippen LogP contribution in [0.4, 0.5) is 0 Å². The highest BCUT2D eigenvalue weighted by atomic mass is 16.4. The minimum atomic E-state index is -0.959. The molecule has 0 unspecified atom stereocenters. The number of aryl methyl sites for hydroxylation is 2. The van der Waals surface area contributed by atoms with Crippen LogP contribution in [0.1, 0.15) is 101 Å². The third-order valence-electron chi connectivity index (χ3n) is 9.34. The van der Waals surface area contributed by atoms with Crippen molar-refractivity contribution in [2.45, 2.75) is 76.3 Å². The predicted octanol–water partition coefficient (Wildman–Crippen LogP) is 3.91. The van der Waals surface area contributed by atoms with Crippen LogP contribution < -0.4 is 5.32 Å². The van der Waals surface area contributed by atoms with Gasteiger partial charge < -0.3 is 24.4 Å². The van der Waals surface area contributed by atoms with Crippen LogP contribution >= 0.6 is 0 Å². The Morgan fingerprint density at radius 3 is 2.04 bits per heavy atom. The van der Waals surface area contributed by atoms with Gasteiger partial charge in [-0.3, -0.25) is 14.4 Å². The molecule has 248 valence electrons. The molecule has 1 fully saturated rings. The van der Waals surface area contributed by atoms with E-state index in [1.165, 1.54) is 0 Å². The first kappa shape index (κ1) is 33.8. The van der Waals surface area contributed by atoms with Crippen LogP contribution in [0.25, 0.3) is 0 Å². The van der Waals surface area contributed by atoms with Gasteiger partial charge in [0, 0.05) is 57.8 Å². The van der Waals surface area contributed by atoms with Gasteiger partial charge in [-0.25, -0.2) is 0 Å². The molecule has 2 aliphatic rings. The van der Waals surface area contributed by atoms with Gasteiger partial charge in [0.05, 0.1) is 12.6 Å². The van der Waals surface area contributed by atoms with Crippen molar-refractivity contribution in [1.82, 2.24) is 30.2 Å². The van der Waals surface area contributed by atoms with Crippen LogP contribution in [0.5, 0.6) is 0 Å². The average Bonchev–Trinajstić information content (AvgIpc) is 3.73. The SMILES string of the molecule is CC(C)c1nnc(C2(C[C@@H](C)NCC(=O)N3CCC[C@H]3C#N)c3ccc(C(=O)N(C)C)cc3CCc3cc(C(=O)N(C)C)ccc32)o1. The molecule has 11 nitrogen and oxygen atoms in total. The second kappa shape index (κ2) is 13.7. The fourth-order valence-corrected chi connectivity index (χ4v) is 6.90. The molecule has 47 heavy (non-hydrogen) atoms. The maximum atomic E-state index is 13.2. The van der Waals surface area contributed by atoms with Gasteiger partial charge in [0.1, 0.15) is 11.5 Å². The Morgan fingerprint density at radius 2 is 1.55 bits per heavy atom. The maximum Gasteiger partial charge on any atom is 0.253 e. The molecule has 1 N–H and O–H groups in total. The Labute approximate surface area is 276 Å². The summed E-state index contributed by atoms with van der Waals surface area (Å²) in [4.78, 5) is 44.2. The van der Waals surface area contributed by atoms with E-state index >= 15 is 0 Å². The van der Waals surface area contributed by atoms with E-state index in [0.29, 0.717) is 55.1 Å². The van der Waals surface area contributed by atoms with Crippen LogP contribution in [0.15, 0.2) is 40.8 Å². The number of nitrogens with one attached hydrogen (secondary N) is 1. The van der Waals surface area contributed by atoms with E-state index in [4.69, 9.17) is 4.42 Å². The molecule has 0 radical (unpaired) electrons. The van der Waals surface area contributed by atoms with Crippen molar-refractivity contribution < 1.29 is 18.8 Å². The Hall–Kier alpha value is -4.56. The number of nitriles is 1. The third kappa shape index (κ3) is 6.52. The number of nitrogens with zero attached hydrogens (tertiary/aromatic N) is 6. The Morgan fingerprint density at radius 1 is 0.979 bits per heavy atom. The summed E-state index contributed by atoms with van der Waals surface area (Å²) in [6.07, 6.45) is 3.23. The molecule has 0 spiro atoms. The largest absolute Gasteiger partial charge is 0.424 e. The van der Waals surface area contributed by atoms with Gasteiger partial charge in [-0.2, -0.15) is 5.26 Å². The van der Waals surface area contributed by atoms with Crippen LogP contribution in [0, 0.1) is 11.3 Å². The van der Waals surface area contributed by atoms with Gasteiger partial charge in [-0.05, 0) is 85.5 Å². The minimum absolute atomic E-state index is 0.0000853. The molecule has 5 rings (SSSR count). The molecule has 2 heterocycles. The van der Waals surface area contributed by atoms with Crippen LogP contribution in [-0.2, 0) is 23.1 Å². The smallest absolute Gasteiger partial charge is 0.253 e. The van der Waals surface area contributed by atoms with Gasteiger partial charge in [0.2, 0.25) is 17.7 Å². The summed E-state index contributed by atoms with van der Waals surface area (Å²) < 4.78 is 6.51. The summed E-state index contributed by atoms with van der Waals surface area (Å²) in [5.41, 5.74) is 4.06. The van der Waals surface area contributed by atoms with Crippen molar-refractivity contribution in [1.29, 1.82) is 5.26 Å². The molecule has 1 aliphatic carbocycles. The van der Waals surface area contributed by atoms with E-state index in [-0.39, 0.29) is 36.2 Å². The zero-order valence-electron chi connectivity index (χ0n) is 28.5. The predicted molar refractivity (Wildman–Crippen MR) is 177 cm³/mol. The number of hydrogen-bond donors (Lipinski definition) is 1. The molecular weight excluding hydrogens is 594 g/mol. The first-order valence-electron chi connectivity index (χ1n) is 16.3. The van der Waals surface area contributed by atoms with Crippen LogP contribution in [0.2, 0.25) is 0 Å². The normalized spacial score (nSPS) is 17.3. The molecule has 11 heteroatoms. The lowest BCUT2D eigenvalue weighted by atomic mass is 9.68. The Balaban J connectivity index is 1.66. The monoisotopic (exact) mass is 639 g/mol. The summed E-state index contributed by atoms with van der Waals surface area (Å²) in [5.74, 6) is 0.649. The lowest BCUT2D eigenvalue weighted by Crippen LogP contribution is -2.45. The Kier molecular flexibility index (Phi) is 9.82. The number of amides is 3. The van der Waals surface area contributed by atoms with E-state index in [2.05, 4.69) is 21.6 Å². The molecule has 2 aromatic carbocycles. The van der Waals surface area contributed by atoms with Crippen molar-refractivity contribution in [3.63, 3.8) is 0 Å². The topological polar surface area (TPSA) is 136 Å². The fourth-order valence-electron chi connectivity index (χ4n) is 6.90. The van der Waals surface area contributed by atoms with Gasteiger partial charge >= 0.3 is 0 Å². The number of carbonyl (C=O) groups is 3. The fraction of sp³-hybridized carbons (Fsp3) is 0.500. The van der Waals surface area contributed by atoms with E-state index in [1.807, 2.05) is 57.2 Å². The third-order valence-corrected chi connectivity index (χ3v) is 9.34. The lowest BCUT2D eigenvalue weighted by molar-refractivity contribution is -0.130. The second-order valence-electron chi connectivity index (χ2n) is 13.5. The van der Waals surface area contributed by atoms with Gasteiger partial charge in [-0.15, -0.1) is 10.2 Å². The summed E-state index contributed by atoms with van der Waals surface area (Å²) >= 11 is 0. The highest BCUT2D eigenvalue weighted by Crippen LogP contribution is 2.48. The van der Waals surface area contributed by atoms with Gasteiger partial charge in [-0.1, -0.05) is 26.0 Å². The standard InChI is InChI=1S/C36H45N7O4/c1-22(2)32-39-40-35(47-32)36(19-23(3)38-21-31(44)43-16-8-9-28(43)20-37)29-14-12-26(33(45)41(4)5)17-24(29)10-11-25-18-27(13-15-30(25)36)34(46)42(6)7/h12-15,17-18,22-23,28,38H,8-11,16,19,21H2,1-7H3/t23-,28+/m1/s1. The molecule has 3 aromatic rings. The van der Waals surface area contributed by atoms with Crippen molar-refractivity contribution >= 4 is 17.7 Å². The number of likely N-dealkylation sites (tertiary alicyclic amines) is 1. The molecule has 1 aromatic heterocycles. The highest BCUT2D eigenvalue weighted by molar-refractivity contribution is 5.95. The molecule has 1 aliphatic heterocycles. The summed E-state index contributed by atoms with van der Waals surface area (Å²) in [7, 11) is 6.94. The summed E-state index contributed by atoms with van der Waals surface area (Å²) in [6.45, 7) is 6.70. The highest BCUT2D eigenvalue weighted by Gasteiger charge is 2.47. The van der Waals surface area contributed by atoms with Crippen molar-refractivity contribution in [2.75, 3.05) is 41.3 Å². The number of rotatable bonds is 9. The zero-order chi connectivity index (χ0) is 34.0. The van der Waals surface area contributed by atoms with E-state index in [1.54, 1.807) is 42.9 Å². The minimum Gasteiger partial charge on any atom is -0.424 e. The molecule has 2 atom stereocenters. The van der Waals surface area contributed by atoms with E-state index in [9.17, 15) is 19.6 Å². The summed E-state index contributed by atoms with van der Waals surface area (Å²) in [5, 5.41) is 22.1. The van der Waals surface area contributed by atoms with Gasteiger partial charge in [0.15, 0.2) is 0 Å². The number of hydrogen-bond acceptors (Lipinski definition) is 8. The maximum absolute atomic E-state index is 13.2. The quantitative estimate of drug-likeness (QED) is 0.372. The van der Waals surface area contributed by atoms with Gasteiger partial charge in [0.25, 0.3) is 11.8 Å². The molecule has 0 bridgehead atoms. The van der Waals surface area contributed by atoms with E-state index in [0.717, 1.165) is 28.7 Å². The lowest BCUT2D eigenvalue weighted by Gasteiger charge is -2.36.